The molecule has 3 aromatic rings. The molecule has 4 nitrogen and oxygen atoms in total. The van der Waals surface area contributed by atoms with Gasteiger partial charge in [-0.2, -0.15) is 0 Å². The van der Waals surface area contributed by atoms with Gasteiger partial charge in [-0.15, -0.1) is 0 Å². The van der Waals surface area contributed by atoms with Crippen molar-refractivity contribution in [1.29, 1.82) is 0 Å². The van der Waals surface area contributed by atoms with E-state index in [1.807, 2.05) is 61.5 Å². The number of ether oxygens (including phenoxy) is 1. The lowest BCUT2D eigenvalue weighted by molar-refractivity contribution is 0.0940. The third kappa shape index (κ3) is 4.18. The summed E-state index contributed by atoms with van der Waals surface area (Å²) in [4.78, 5) is 12.7. The van der Waals surface area contributed by atoms with Crippen LogP contribution < -0.4 is 15.4 Å². The van der Waals surface area contributed by atoms with Gasteiger partial charge >= 0.3 is 0 Å². The highest BCUT2D eigenvalue weighted by Gasteiger charge is 2.21. The van der Waals surface area contributed by atoms with E-state index in [0.29, 0.717) is 0 Å². The van der Waals surface area contributed by atoms with Gasteiger partial charge in [0.2, 0.25) is 0 Å². The summed E-state index contributed by atoms with van der Waals surface area (Å²) >= 11 is 0. The molecule has 0 spiro atoms. The molecule has 28 heavy (non-hydrogen) atoms. The predicted octanol–water partition coefficient (Wildman–Crippen LogP) is 3.94. The smallest absolute Gasteiger partial charge is 0.252 e. The molecule has 0 aromatic heterocycles. The van der Waals surface area contributed by atoms with Crippen LogP contribution in [0.5, 0.6) is 5.75 Å². The number of carbonyl (C=O) groups excluding carboxylic acids is 1. The number of carbonyl (C=O) groups is 1. The van der Waals surface area contributed by atoms with Crippen LogP contribution in [0.3, 0.4) is 0 Å². The highest BCUT2D eigenvalue weighted by atomic mass is 16.5. The molecule has 2 unspecified atom stereocenters. The molecule has 1 aliphatic heterocycles. The second-order valence-electron chi connectivity index (χ2n) is 7.45. The average molecular weight is 374 g/mol. The molecule has 4 heteroatoms. The van der Waals surface area contributed by atoms with E-state index in [1.165, 1.54) is 5.56 Å². The van der Waals surface area contributed by atoms with Crippen molar-refractivity contribution in [3.63, 3.8) is 0 Å². The summed E-state index contributed by atoms with van der Waals surface area (Å²) < 4.78 is 5.95. The second kappa shape index (κ2) is 8.44. The van der Waals surface area contributed by atoms with Gasteiger partial charge in [0.1, 0.15) is 11.9 Å². The van der Waals surface area contributed by atoms with Gasteiger partial charge in [-0.3, -0.25) is 4.79 Å². The second-order valence-corrected chi connectivity index (χ2v) is 7.45. The fourth-order valence-electron chi connectivity index (χ4n) is 3.75. The van der Waals surface area contributed by atoms with Gasteiger partial charge in [-0.25, -0.2) is 0 Å². The van der Waals surface area contributed by atoms with Crippen molar-refractivity contribution in [1.82, 2.24) is 10.6 Å². The molecule has 0 saturated heterocycles. The lowest BCUT2D eigenvalue weighted by Gasteiger charge is -2.16. The Hall–Kier alpha value is -2.85. The topological polar surface area (TPSA) is 50.4 Å². The van der Waals surface area contributed by atoms with Crippen LogP contribution in [-0.4, -0.2) is 31.1 Å². The van der Waals surface area contributed by atoms with Crippen molar-refractivity contribution in [2.75, 3.05) is 13.1 Å². The Morgan fingerprint density at radius 1 is 1.07 bits per heavy atom. The maximum absolute atomic E-state index is 12.7. The van der Waals surface area contributed by atoms with E-state index in [4.69, 9.17) is 4.74 Å². The number of hydrogen-bond donors (Lipinski definition) is 2. The van der Waals surface area contributed by atoms with Gasteiger partial charge in [-0.05, 0) is 48.4 Å². The van der Waals surface area contributed by atoms with Crippen LogP contribution in [0, 0.1) is 0 Å². The van der Waals surface area contributed by atoms with E-state index in [1.54, 1.807) is 0 Å². The van der Waals surface area contributed by atoms with Crippen LogP contribution in [0.15, 0.2) is 66.7 Å². The zero-order valence-electron chi connectivity index (χ0n) is 16.2. The highest BCUT2D eigenvalue weighted by Crippen LogP contribution is 2.27. The Bertz CT molecular complexity index is 939. The van der Waals surface area contributed by atoms with Gasteiger partial charge in [0.25, 0.3) is 5.91 Å². The van der Waals surface area contributed by atoms with Gasteiger partial charge in [0, 0.05) is 24.6 Å². The summed E-state index contributed by atoms with van der Waals surface area (Å²) in [5, 5.41) is 8.66. The van der Waals surface area contributed by atoms with Crippen molar-refractivity contribution < 1.29 is 9.53 Å². The normalized spacial score (nSPS) is 16.4. The van der Waals surface area contributed by atoms with Gasteiger partial charge < -0.3 is 15.4 Å². The number of amides is 1. The van der Waals surface area contributed by atoms with Crippen molar-refractivity contribution in [2.24, 2.45) is 0 Å². The molecule has 3 aromatic carbocycles. The number of benzene rings is 3. The lowest BCUT2D eigenvalue weighted by atomic mass is 10.0. The molecule has 2 N–H and O–H groups in total. The van der Waals surface area contributed by atoms with Crippen LogP contribution in [-0.2, 0) is 6.42 Å². The van der Waals surface area contributed by atoms with Crippen LogP contribution in [0.4, 0.5) is 0 Å². The molecule has 0 fully saturated rings. The van der Waals surface area contributed by atoms with E-state index in [9.17, 15) is 4.79 Å². The maximum Gasteiger partial charge on any atom is 0.252 e. The standard InChI is InChI=1S/C24H26N2O2/c1-17(13-14-25-16-20-15-19-8-3-5-12-23(19)28-20)26-24(27)22-11-6-9-18-7-2-4-10-21(18)22/h2-12,17,20,25H,13-16H2,1H3,(H,26,27). The molecule has 1 heterocycles. The van der Waals surface area contributed by atoms with Crippen molar-refractivity contribution in [3.05, 3.63) is 77.9 Å². The van der Waals surface area contributed by atoms with Gasteiger partial charge in [0.15, 0.2) is 0 Å². The molecule has 4 rings (SSSR count). The van der Waals surface area contributed by atoms with Crippen molar-refractivity contribution in [2.45, 2.75) is 31.9 Å². The molecule has 0 radical (unpaired) electrons. The van der Waals surface area contributed by atoms with Gasteiger partial charge in [0.05, 0.1) is 0 Å². The third-order valence-corrected chi connectivity index (χ3v) is 5.25. The highest BCUT2D eigenvalue weighted by molar-refractivity contribution is 6.07. The van der Waals surface area contributed by atoms with E-state index in [0.717, 1.165) is 48.0 Å². The Balaban J connectivity index is 1.23. The lowest BCUT2D eigenvalue weighted by Crippen LogP contribution is -2.37. The molecule has 0 aliphatic carbocycles. The van der Waals surface area contributed by atoms with Crippen LogP contribution in [0.25, 0.3) is 10.8 Å². The first-order chi connectivity index (χ1) is 13.7. The third-order valence-electron chi connectivity index (χ3n) is 5.25. The largest absolute Gasteiger partial charge is 0.488 e. The quantitative estimate of drug-likeness (QED) is 0.616. The summed E-state index contributed by atoms with van der Waals surface area (Å²) in [6, 6.07) is 22.2. The molecular weight excluding hydrogens is 348 g/mol. The summed E-state index contributed by atoms with van der Waals surface area (Å²) in [5.74, 6) is 0.990. The number of fused-ring (bicyclic) bond motifs is 2. The molecule has 1 aliphatic rings. The van der Waals surface area contributed by atoms with Crippen LogP contribution >= 0.6 is 0 Å². The Morgan fingerprint density at radius 2 is 1.86 bits per heavy atom. The number of nitrogens with one attached hydrogen (secondary N) is 2. The number of rotatable bonds is 7. The number of para-hydroxylation sites is 1. The summed E-state index contributed by atoms with van der Waals surface area (Å²) in [6.07, 6.45) is 2.02. The Kier molecular flexibility index (Phi) is 5.58. The summed E-state index contributed by atoms with van der Waals surface area (Å²) in [5.41, 5.74) is 2.01. The van der Waals surface area contributed by atoms with Gasteiger partial charge in [-0.1, -0.05) is 54.6 Å². The Labute approximate surface area is 165 Å². The van der Waals surface area contributed by atoms with E-state index in [-0.39, 0.29) is 18.1 Å². The zero-order chi connectivity index (χ0) is 19.3. The molecule has 2 atom stereocenters. The molecule has 1 amide bonds. The van der Waals surface area contributed by atoms with Crippen molar-refractivity contribution >= 4 is 16.7 Å². The first-order valence-electron chi connectivity index (χ1n) is 9.94. The first kappa shape index (κ1) is 18.5. The number of hydrogen-bond acceptors (Lipinski definition) is 3. The zero-order valence-corrected chi connectivity index (χ0v) is 16.2. The first-order valence-corrected chi connectivity index (χ1v) is 9.94. The molecular formula is C24H26N2O2. The average Bonchev–Trinajstić information content (AvgIpc) is 3.13. The molecule has 0 bridgehead atoms. The van der Waals surface area contributed by atoms with Crippen LogP contribution in [0.1, 0.15) is 29.3 Å². The predicted molar refractivity (Wildman–Crippen MR) is 113 cm³/mol. The SMILES string of the molecule is CC(CCNCC1Cc2ccccc2O1)NC(=O)c1cccc2ccccc12. The maximum atomic E-state index is 12.7. The minimum absolute atomic E-state index is 0.0149. The fraction of sp³-hybridized carbons (Fsp3) is 0.292. The van der Waals surface area contributed by atoms with Crippen LogP contribution in [0.2, 0.25) is 0 Å². The van der Waals surface area contributed by atoms with Crippen molar-refractivity contribution in [3.8, 4) is 5.75 Å². The fourth-order valence-corrected chi connectivity index (χ4v) is 3.75. The molecule has 144 valence electrons. The molecule has 0 saturated carbocycles. The monoisotopic (exact) mass is 374 g/mol. The minimum atomic E-state index is -0.0149. The minimum Gasteiger partial charge on any atom is -0.488 e. The summed E-state index contributed by atoms with van der Waals surface area (Å²) in [6.45, 7) is 3.71. The van der Waals surface area contributed by atoms with E-state index < -0.39 is 0 Å². The van der Waals surface area contributed by atoms with E-state index >= 15 is 0 Å². The summed E-state index contributed by atoms with van der Waals surface area (Å²) in [7, 11) is 0. The van der Waals surface area contributed by atoms with E-state index in [2.05, 4.69) is 22.8 Å². The Morgan fingerprint density at radius 3 is 2.75 bits per heavy atom.